The van der Waals surface area contributed by atoms with Crippen molar-refractivity contribution in [2.24, 2.45) is 5.41 Å². The van der Waals surface area contributed by atoms with Gasteiger partial charge in [0, 0.05) is 11.3 Å². The molecule has 5 nitrogen and oxygen atoms in total. The van der Waals surface area contributed by atoms with Gasteiger partial charge in [0.25, 0.3) is 0 Å². The highest BCUT2D eigenvalue weighted by Crippen LogP contribution is 2.46. The molecule has 0 aliphatic heterocycles. The second kappa shape index (κ2) is 3.80. The minimum atomic E-state index is 0.375. The molecule has 0 saturated heterocycles. The number of nitrogen functional groups attached to an aromatic ring is 1. The molecule has 0 amide bonds. The number of nitrogens with zero attached hydrogens (tertiary/aromatic N) is 4. The van der Waals surface area contributed by atoms with E-state index in [-0.39, 0.29) is 0 Å². The maximum atomic E-state index is 5.94. The molecule has 0 spiro atoms. The van der Waals surface area contributed by atoms with Crippen molar-refractivity contribution in [1.82, 2.24) is 20.2 Å². The van der Waals surface area contributed by atoms with Gasteiger partial charge in [-0.25, -0.2) is 4.68 Å². The van der Waals surface area contributed by atoms with Gasteiger partial charge in [-0.15, -0.1) is 5.10 Å². The van der Waals surface area contributed by atoms with Gasteiger partial charge >= 0.3 is 0 Å². The molecule has 3 rings (SSSR count). The Morgan fingerprint density at radius 2 is 2.17 bits per heavy atom. The molecule has 0 bridgehead atoms. The standard InChI is InChI=1S/C13H17N5/c1-9-3-4-10(7-11(9)14)12-15-16-17-18(12)8-13(2)5-6-13/h3-4,7H,5-6,8,14H2,1-2H3. The summed E-state index contributed by atoms with van der Waals surface area (Å²) in [6.07, 6.45) is 2.50. The topological polar surface area (TPSA) is 69.6 Å². The van der Waals surface area contributed by atoms with Crippen LogP contribution in [0.4, 0.5) is 5.69 Å². The van der Waals surface area contributed by atoms with Crippen LogP contribution in [0.25, 0.3) is 11.4 Å². The van der Waals surface area contributed by atoms with Crippen LogP contribution >= 0.6 is 0 Å². The Morgan fingerprint density at radius 1 is 1.39 bits per heavy atom. The van der Waals surface area contributed by atoms with Crippen molar-refractivity contribution in [2.45, 2.75) is 33.2 Å². The Bertz CT molecular complexity index is 583. The van der Waals surface area contributed by atoms with Gasteiger partial charge < -0.3 is 5.73 Å². The molecular weight excluding hydrogens is 226 g/mol. The van der Waals surface area contributed by atoms with E-state index in [1.807, 2.05) is 29.8 Å². The predicted octanol–water partition coefficient (Wildman–Crippen LogP) is 2.03. The summed E-state index contributed by atoms with van der Waals surface area (Å²) in [6, 6.07) is 5.96. The van der Waals surface area contributed by atoms with Crippen LogP contribution in [0, 0.1) is 12.3 Å². The summed E-state index contributed by atoms with van der Waals surface area (Å²) >= 11 is 0. The van der Waals surface area contributed by atoms with Crippen LogP contribution in [-0.2, 0) is 6.54 Å². The summed E-state index contributed by atoms with van der Waals surface area (Å²) < 4.78 is 1.89. The van der Waals surface area contributed by atoms with Crippen molar-refractivity contribution in [1.29, 1.82) is 0 Å². The van der Waals surface area contributed by atoms with Crippen LogP contribution in [-0.4, -0.2) is 20.2 Å². The van der Waals surface area contributed by atoms with Gasteiger partial charge in [0.15, 0.2) is 5.82 Å². The van der Waals surface area contributed by atoms with Crippen molar-refractivity contribution in [3.63, 3.8) is 0 Å². The molecule has 1 aliphatic rings. The third-order valence-electron chi connectivity index (χ3n) is 3.70. The van der Waals surface area contributed by atoms with Crippen LogP contribution < -0.4 is 5.73 Å². The first-order valence-electron chi connectivity index (χ1n) is 6.20. The first-order chi connectivity index (χ1) is 8.57. The molecule has 0 atom stereocenters. The molecule has 1 aromatic heterocycles. The molecule has 1 heterocycles. The van der Waals surface area contributed by atoms with Crippen LogP contribution in [0.2, 0.25) is 0 Å². The zero-order valence-electron chi connectivity index (χ0n) is 10.7. The summed E-state index contributed by atoms with van der Waals surface area (Å²) in [5.74, 6) is 0.801. The largest absolute Gasteiger partial charge is 0.398 e. The molecule has 5 heteroatoms. The molecule has 1 fully saturated rings. The van der Waals surface area contributed by atoms with Crippen LogP contribution in [0.5, 0.6) is 0 Å². The van der Waals surface area contributed by atoms with Gasteiger partial charge in [0.2, 0.25) is 0 Å². The van der Waals surface area contributed by atoms with E-state index in [1.165, 1.54) is 12.8 Å². The van der Waals surface area contributed by atoms with Gasteiger partial charge in [-0.2, -0.15) is 0 Å². The first-order valence-corrected chi connectivity index (χ1v) is 6.20. The van der Waals surface area contributed by atoms with Crippen LogP contribution in [0.15, 0.2) is 18.2 Å². The molecule has 18 heavy (non-hydrogen) atoms. The van der Waals surface area contributed by atoms with Gasteiger partial charge in [0.1, 0.15) is 0 Å². The number of aryl methyl sites for hydroxylation is 1. The Kier molecular flexibility index (Phi) is 2.36. The normalized spacial score (nSPS) is 16.8. The van der Waals surface area contributed by atoms with Crippen molar-refractivity contribution in [2.75, 3.05) is 5.73 Å². The Labute approximate surface area is 106 Å². The molecule has 94 valence electrons. The molecule has 1 saturated carbocycles. The zero-order chi connectivity index (χ0) is 12.8. The Morgan fingerprint density at radius 3 is 2.83 bits per heavy atom. The maximum Gasteiger partial charge on any atom is 0.182 e. The van der Waals surface area contributed by atoms with Crippen LogP contribution in [0.1, 0.15) is 25.3 Å². The minimum absolute atomic E-state index is 0.375. The van der Waals surface area contributed by atoms with Gasteiger partial charge in [-0.3, -0.25) is 0 Å². The maximum absolute atomic E-state index is 5.94. The van der Waals surface area contributed by atoms with E-state index in [9.17, 15) is 0 Å². The van der Waals surface area contributed by atoms with E-state index >= 15 is 0 Å². The van der Waals surface area contributed by atoms with Gasteiger partial charge in [-0.1, -0.05) is 19.1 Å². The molecule has 0 unspecified atom stereocenters. The fourth-order valence-electron chi connectivity index (χ4n) is 2.03. The molecule has 2 aromatic rings. The average Bonchev–Trinajstić information content (AvgIpc) is 2.88. The summed E-state index contributed by atoms with van der Waals surface area (Å²) in [6.45, 7) is 5.14. The lowest BCUT2D eigenvalue weighted by molar-refractivity contribution is 0.427. The van der Waals surface area contributed by atoms with E-state index < -0.39 is 0 Å². The second-order valence-corrected chi connectivity index (χ2v) is 5.54. The molecular formula is C13H17N5. The minimum Gasteiger partial charge on any atom is -0.398 e. The van der Waals surface area contributed by atoms with Crippen molar-refractivity contribution < 1.29 is 0 Å². The smallest absolute Gasteiger partial charge is 0.182 e. The predicted molar refractivity (Wildman–Crippen MR) is 69.7 cm³/mol. The van der Waals surface area contributed by atoms with E-state index in [1.54, 1.807) is 0 Å². The number of tetrazole rings is 1. The lowest BCUT2D eigenvalue weighted by atomic mass is 10.1. The quantitative estimate of drug-likeness (QED) is 0.837. The first kappa shape index (κ1) is 11.2. The van der Waals surface area contributed by atoms with E-state index in [0.29, 0.717) is 5.41 Å². The lowest BCUT2D eigenvalue weighted by Gasteiger charge is -2.10. The monoisotopic (exact) mass is 243 g/mol. The summed E-state index contributed by atoms with van der Waals surface area (Å²) in [5.41, 5.74) is 9.15. The highest BCUT2D eigenvalue weighted by Gasteiger charge is 2.38. The third kappa shape index (κ3) is 1.96. The van der Waals surface area contributed by atoms with Gasteiger partial charge in [0.05, 0.1) is 6.54 Å². The van der Waals surface area contributed by atoms with E-state index in [0.717, 1.165) is 29.2 Å². The fraction of sp³-hybridized carbons (Fsp3) is 0.462. The number of anilines is 1. The summed E-state index contributed by atoms with van der Waals surface area (Å²) in [5, 5.41) is 12.0. The summed E-state index contributed by atoms with van der Waals surface area (Å²) in [7, 11) is 0. The zero-order valence-corrected chi connectivity index (χ0v) is 10.7. The summed E-state index contributed by atoms with van der Waals surface area (Å²) in [4.78, 5) is 0. The fourth-order valence-corrected chi connectivity index (χ4v) is 2.03. The van der Waals surface area contributed by atoms with Gasteiger partial charge in [-0.05, 0) is 47.2 Å². The average molecular weight is 243 g/mol. The molecule has 1 aromatic carbocycles. The number of hydrogen-bond acceptors (Lipinski definition) is 4. The lowest BCUT2D eigenvalue weighted by Crippen LogP contribution is -2.11. The Hall–Kier alpha value is -1.91. The molecule has 2 N–H and O–H groups in total. The van der Waals surface area contributed by atoms with Crippen molar-refractivity contribution in [3.05, 3.63) is 23.8 Å². The highest BCUT2D eigenvalue weighted by molar-refractivity contribution is 5.63. The number of hydrogen-bond donors (Lipinski definition) is 1. The highest BCUT2D eigenvalue weighted by atomic mass is 15.5. The Balaban J connectivity index is 1.96. The number of nitrogens with two attached hydrogens (primary N) is 1. The number of benzene rings is 1. The molecule has 1 aliphatic carbocycles. The van der Waals surface area contributed by atoms with Crippen molar-refractivity contribution >= 4 is 5.69 Å². The number of rotatable bonds is 3. The number of aromatic nitrogens is 4. The van der Waals surface area contributed by atoms with E-state index in [2.05, 4.69) is 22.4 Å². The van der Waals surface area contributed by atoms with Crippen LogP contribution in [0.3, 0.4) is 0 Å². The van der Waals surface area contributed by atoms with Crippen molar-refractivity contribution in [3.8, 4) is 11.4 Å². The third-order valence-corrected chi connectivity index (χ3v) is 3.70. The second-order valence-electron chi connectivity index (χ2n) is 5.54. The SMILES string of the molecule is Cc1ccc(-c2nnnn2CC2(C)CC2)cc1N. The van der Waals surface area contributed by atoms with E-state index in [4.69, 9.17) is 5.73 Å². The molecule has 0 radical (unpaired) electrons.